The summed E-state index contributed by atoms with van der Waals surface area (Å²) < 4.78 is 71.2. The van der Waals surface area contributed by atoms with Crippen LogP contribution in [-0.4, -0.2) is 36.4 Å². The molecule has 0 saturated heterocycles. The fourth-order valence-corrected chi connectivity index (χ4v) is 6.06. The molecule has 50 heavy (non-hydrogen) atoms. The molecule has 1 atom stereocenters. The average molecular weight is 716 g/mol. The molecule has 0 fully saturated rings. The maximum absolute atomic E-state index is 15.6. The molecule has 0 aliphatic carbocycles. The van der Waals surface area contributed by atoms with E-state index in [2.05, 4.69) is 48.4 Å². The molecule has 2 aromatic rings. The monoisotopic (exact) mass is 715 g/mol. The minimum absolute atomic E-state index is 0.000431. The molecule has 0 bridgehead atoms. The van der Waals surface area contributed by atoms with Gasteiger partial charge < -0.3 is 10.2 Å². The third-order valence-corrected chi connectivity index (χ3v) is 8.92. The van der Waals surface area contributed by atoms with E-state index in [0.717, 1.165) is 63.7 Å². The molecular weight excluding hydrogens is 665 g/mol. The molecule has 0 aromatic heterocycles. The van der Waals surface area contributed by atoms with E-state index >= 15 is 8.78 Å². The summed E-state index contributed by atoms with van der Waals surface area (Å²) in [4.78, 5) is 6.41. The molecule has 1 unspecified atom stereocenters. The fraction of sp³-hybridized carbons (Fsp3) is 0.390. The number of aliphatic imine (C=N–C) groups is 1. The van der Waals surface area contributed by atoms with Gasteiger partial charge in [0.1, 0.15) is 0 Å². The van der Waals surface area contributed by atoms with Gasteiger partial charge in [-0.15, -0.1) is 6.58 Å². The number of hydrogen-bond donors (Lipinski definition) is 1. The van der Waals surface area contributed by atoms with Gasteiger partial charge in [0.15, 0.2) is 11.6 Å². The highest BCUT2D eigenvalue weighted by Gasteiger charge is 2.30. The number of allylic oxidation sites excluding steroid dienone is 4. The Balaban J connectivity index is 2.39. The molecule has 2 aromatic carbocycles. The molecule has 0 amide bonds. The van der Waals surface area contributed by atoms with E-state index < -0.39 is 23.4 Å². The van der Waals surface area contributed by atoms with Crippen molar-refractivity contribution < 1.29 is 22.0 Å². The van der Waals surface area contributed by atoms with Gasteiger partial charge in [0.05, 0.1) is 5.71 Å². The second-order valence-corrected chi connectivity index (χ2v) is 13.1. The fourth-order valence-electron chi connectivity index (χ4n) is 5.88. The van der Waals surface area contributed by atoms with Crippen LogP contribution in [0.5, 0.6) is 0 Å². The van der Waals surface area contributed by atoms with Crippen molar-refractivity contribution in [1.82, 2.24) is 4.90 Å². The van der Waals surface area contributed by atoms with Crippen molar-refractivity contribution in [2.24, 2.45) is 16.8 Å². The van der Waals surface area contributed by atoms with E-state index in [-0.39, 0.29) is 29.5 Å². The molecule has 0 spiro atoms. The molecule has 0 aliphatic heterocycles. The third-order valence-electron chi connectivity index (χ3n) is 8.68. The summed E-state index contributed by atoms with van der Waals surface area (Å²) >= 11 is 6.26. The van der Waals surface area contributed by atoms with E-state index in [9.17, 15) is 13.2 Å². The second-order valence-electron chi connectivity index (χ2n) is 12.7. The lowest BCUT2D eigenvalue weighted by molar-refractivity contribution is -0.0912. The molecule has 3 nitrogen and oxygen atoms in total. The van der Waals surface area contributed by atoms with E-state index in [1.807, 2.05) is 26.8 Å². The highest BCUT2D eigenvalue weighted by atomic mass is 35.5. The maximum atomic E-state index is 15.6. The van der Waals surface area contributed by atoms with Crippen molar-refractivity contribution in [3.05, 3.63) is 137 Å². The summed E-state index contributed by atoms with van der Waals surface area (Å²) in [5.41, 5.74) is 2.39. The Kier molecular flexibility index (Phi) is 17.1. The van der Waals surface area contributed by atoms with Crippen LogP contribution in [0.1, 0.15) is 70.6 Å². The number of alkyl halides is 3. The molecular formula is C41H51ClF5N3. The van der Waals surface area contributed by atoms with Gasteiger partial charge in [0.25, 0.3) is 0 Å². The van der Waals surface area contributed by atoms with Gasteiger partial charge in [0.2, 0.25) is 0 Å². The minimum atomic E-state index is -4.55. The summed E-state index contributed by atoms with van der Waals surface area (Å²) in [6, 6.07) is 8.09. The number of halogens is 6. The van der Waals surface area contributed by atoms with Crippen molar-refractivity contribution in [1.29, 1.82) is 0 Å². The van der Waals surface area contributed by atoms with Crippen LogP contribution in [0.25, 0.3) is 0 Å². The first kappa shape index (κ1) is 42.4. The molecule has 272 valence electrons. The van der Waals surface area contributed by atoms with E-state index in [0.29, 0.717) is 39.5 Å². The summed E-state index contributed by atoms with van der Waals surface area (Å²) in [6.07, 6.45) is 4.35. The Bertz CT molecular complexity index is 1600. The van der Waals surface area contributed by atoms with Crippen molar-refractivity contribution in [2.45, 2.75) is 72.9 Å². The molecule has 9 heteroatoms. The first-order valence-electron chi connectivity index (χ1n) is 16.9. The molecule has 0 aliphatic rings. The third kappa shape index (κ3) is 12.2. The number of hydrogen-bond acceptors (Lipinski definition) is 3. The van der Waals surface area contributed by atoms with Crippen LogP contribution in [-0.2, 0) is 12.8 Å². The Morgan fingerprint density at radius 1 is 1.00 bits per heavy atom. The van der Waals surface area contributed by atoms with Gasteiger partial charge in [-0.3, -0.25) is 4.99 Å². The van der Waals surface area contributed by atoms with Gasteiger partial charge in [-0.1, -0.05) is 82.0 Å². The largest absolute Gasteiger partial charge is 0.412 e. The van der Waals surface area contributed by atoms with Crippen LogP contribution < -0.4 is 5.32 Å². The standard InChI is InChI=1S/C41H51ClF5N3/c1-10-14-22-50(21-11-2)23-15-16-31-17-18-32(40(44)39(31)43)25-35(27(5)6)29(8)34(12-3)30(9)49-37-20-19-33(42)26-36(37)38(48-13-4)24-28(7)41(45,46)47/h10,12-13,17-20,24,26-27,35,49H,1,3-4,9,11,14-16,21-23,25H2,2,5-8H3/b28-24+,34-29+,48-38?. The van der Waals surface area contributed by atoms with Crippen molar-refractivity contribution in [3.63, 3.8) is 0 Å². The van der Waals surface area contributed by atoms with E-state index in [4.69, 9.17) is 11.6 Å². The quantitative estimate of drug-likeness (QED) is 0.0640. The number of benzene rings is 2. The maximum Gasteiger partial charge on any atom is 0.412 e. The van der Waals surface area contributed by atoms with Crippen LogP contribution >= 0.6 is 11.6 Å². The Morgan fingerprint density at radius 3 is 2.24 bits per heavy atom. The van der Waals surface area contributed by atoms with Crippen LogP contribution in [0.4, 0.5) is 27.6 Å². The second kappa shape index (κ2) is 20.2. The normalized spacial score (nSPS) is 13.7. The summed E-state index contributed by atoms with van der Waals surface area (Å²) in [6.45, 7) is 27.2. The lowest BCUT2D eigenvalue weighted by atomic mass is 9.81. The van der Waals surface area contributed by atoms with Gasteiger partial charge >= 0.3 is 6.18 Å². The average Bonchev–Trinajstić information content (AvgIpc) is 3.05. The van der Waals surface area contributed by atoms with Crippen LogP contribution in [0.15, 0.2) is 108 Å². The van der Waals surface area contributed by atoms with Crippen LogP contribution in [0, 0.1) is 23.5 Å². The first-order valence-corrected chi connectivity index (χ1v) is 17.3. The van der Waals surface area contributed by atoms with Crippen molar-refractivity contribution in [3.8, 4) is 0 Å². The number of nitrogens with one attached hydrogen (secondary N) is 1. The molecule has 2 rings (SSSR count). The number of aryl methyl sites for hydroxylation is 1. The van der Waals surface area contributed by atoms with Crippen molar-refractivity contribution >= 4 is 23.0 Å². The zero-order valence-corrected chi connectivity index (χ0v) is 30.8. The molecule has 0 radical (unpaired) electrons. The van der Waals surface area contributed by atoms with Gasteiger partial charge in [-0.05, 0) is 112 Å². The summed E-state index contributed by atoms with van der Waals surface area (Å²) in [7, 11) is 0. The summed E-state index contributed by atoms with van der Waals surface area (Å²) in [5, 5.41) is 3.50. The zero-order chi connectivity index (χ0) is 37.6. The molecule has 0 saturated carbocycles. The van der Waals surface area contributed by atoms with Crippen LogP contribution in [0.3, 0.4) is 0 Å². The van der Waals surface area contributed by atoms with Gasteiger partial charge in [-0.25, -0.2) is 8.78 Å². The molecule has 1 N–H and O–H groups in total. The predicted molar refractivity (Wildman–Crippen MR) is 202 cm³/mol. The van der Waals surface area contributed by atoms with E-state index in [1.54, 1.807) is 30.3 Å². The smallest absolute Gasteiger partial charge is 0.355 e. The van der Waals surface area contributed by atoms with Gasteiger partial charge in [-0.2, -0.15) is 13.2 Å². The minimum Gasteiger partial charge on any atom is -0.355 e. The van der Waals surface area contributed by atoms with E-state index in [1.165, 1.54) is 6.07 Å². The van der Waals surface area contributed by atoms with Gasteiger partial charge in [0, 0.05) is 40.3 Å². The number of nitrogens with zero attached hydrogens (tertiary/aromatic N) is 2. The van der Waals surface area contributed by atoms with Crippen LogP contribution in [0.2, 0.25) is 5.02 Å². The Morgan fingerprint density at radius 2 is 1.66 bits per heavy atom. The zero-order valence-electron chi connectivity index (χ0n) is 30.0. The highest BCUT2D eigenvalue weighted by molar-refractivity contribution is 6.31. The number of anilines is 1. The Labute approximate surface area is 300 Å². The Hall–Kier alpha value is -3.75. The highest BCUT2D eigenvalue weighted by Crippen LogP contribution is 2.34. The lowest BCUT2D eigenvalue weighted by Crippen LogP contribution is -2.27. The topological polar surface area (TPSA) is 27.6 Å². The number of rotatable bonds is 20. The first-order chi connectivity index (χ1) is 23.6. The predicted octanol–water partition coefficient (Wildman–Crippen LogP) is 12.2. The molecule has 0 heterocycles. The van der Waals surface area contributed by atoms with Crippen molar-refractivity contribution in [2.75, 3.05) is 25.0 Å². The SMILES string of the molecule is C=CCCN(CCC)CCCc1ccc(CC(/C(C)=C(\C=C)C(=C)Nc2ccc(Cl)cc2C(/C=C(\C)C(F)(F)F)=NC=C)C(C)C)c(F)c1F. The lowest BCUT2D eigenvalue weighted by Gasteiger charge is -2.26. The summed E-state index contributed by atoms with van der Waals surface area (Å²) in [5.74, 6) is -1.82.